The number of hydrogen-bond donors (Lipinski definition) is 2. The number of likely N-dealkylation sites (tertiary alicyclic amines) is 1. The van der Waals surface area contributed by atoms with E-state index in [1.807, 2.05) is 20.8 Å². The molecule has 2 fully saturated rings. The minimum absolute atomic E-state index is 0.0814. The zero-order valence-corrected chi connectivity index (χ0v) is 19.4. The first kappa shape index (κ1) is 23.6. The third-order valence-electron chi connectivity index (χ3n) is 6.80. The van der Waals surface area contributed by atoms with E-state index in [1.54, 1.807) is 0 Å². The highest BCUT2D eigenvalue weighted by molar-refractivity contribution is 5.96. The lowest BCUT2D eigenvalue weighted by molar-refractivity contribution is -0.120. The number of carbonyl (C=O) groups is 1. The molecule has 0 aromatic carbocycles. The molecule has 8 nitrogen and oxygen atoms in total. The number of anilines is 2. The van der Waals surface area contributed by atoms with E-state index in [4.69, 9.17) is 5.73 Å². The minimum atomic E-state index is -0.585. The van der Waals surface area contributed by atoms with Crippen LogP contribution in [0.1, 0.15) is 65.7 Å². The SMILES string of the molecule is CCCCN(C(=O)CN1CC[C@@H]2CCCC[C@@H]2C1)c1c(N)n(CC(C)C)c(=O)[nH]c1=O. The van der Waals surface area contributed by atoms with E-state index < -0.39 is 11.2 Å². The van der Waals surface area contributed by atoms with Gasteiger partial charge < -0.3 is 10.6 Å². The summed E-state index contributed by atoms with van der Waals surface area (Å²) in [5, 5.41) is 0. The summed E-state index contributed by atoms with van der Waals surface area (Å²) in [4.78, 5) is 44.6. The number of aromatic nitrogens is 2. The van der Waals surface area contributed by atoms with E-state index in [9.17, 15) is 14.4 Å². The van der Waals surface area contributed by atoms with Gasteiger partial charge in [0, 0.05) is 19.6 Å². The Balaban J connectivity index is 1.83. The average Bonchev–Trinajstić information content (AvgIpc) is 2.73. The predicted octanol–water partition coefficient (Wildman–Crippen LogP) is 2.42. The Labute approximate surface area is 184 Å². The van der Waals surface area contributed by atoms with Gasteiger partial charge in [-0.05, 0) is 43.6 Å². The summed E-state index contributed by atoms with van der Waals surface area (Å²) < 4.78 is 1.38. The number of piperidine rings is 1. The zero-order valence-electron chi connectivity index (χ0n) is 19.4. The molecule has 174 valence electrons. The first-order valence-corrected chi connectivity index (χ1v) is 12.0. The third kappa shape index (κ3) is 5.59. The van der Waals surface area contributed by atoms with Crippen LogP contribution in [0.2, 0.25) is 0 Å². The van der Waals surface area contributed by atoms with Gasteiger partial charge in [-0.3, -0.25) is 24.0 Å². The van der Waals surface area contributed by atoms with Gasteiger partial charge in [0.25, 0.3) is 5.56 Å². The van der Waals surface area contributed by atoms with Crippen LogP contribution in [0.3, 0.4) is 0 Å². The van der Waals surface area contributed by atoms with Crippen molar-refractivity contribution < 1.29 is 4.79 Å². The van der Waals surface area contributed by atoms with Crippen LogP contribution in [-0.2, 0) is 11.3 Å². The number of carbonyl (C=O) groups excluding carboxylic acids is 1. The number of rotatable bonds is 8. The summed E-state index contributed by atoms with van der Waals surface area (Å²) in [6, 6.07) is 0. The molecule has 31 heavy (non-hydrogen) atoms. The van der Waals surface area contributed by atoms with E-state index >= 15 is 0 Å². The normalized spacial score (nSPS) is 21.8. The lowest BCUT2D eigenvalue weighted by Crippen LogP contribution is -2.49. The first-order valence-electron chi connectivity index (χ1n) is 12.0. The smallest absolute Gasteiger partial charge is 0.330 e. The molecule has 0 radical (unpaired) electrons. The molecule has 1 saturated heterocycles. The van der Waals surface area contributed by atoms with Crippen molar-refractivity contribution in [1.82, 2.24) is 14.5 Å². The summed E-state index contributed by atoms with van der Waals surface area (Å²) in [6.07, 6.45) is 7.99. The average molecular weight is 434 g/mol. The van der Waals surface area contributed by atoms with Crippen LogP contribution in [0.25, 0.3) is 0 Å². The lowest BCUT2D eigenvalue weighted by Gasteiger charge is -2.41. The minimum Gasteiger partial charge on any atom is -0.383 e. The van der Waals surface area contributed by atoms with Crippen LogP contribution < -0.4 is 21.9 Å². The van der Waals surface area contributed by atoms with Crippen LogP contribution in [0, 0.1) is 17.8 Å². The van der Waals surface area contributed by atoms with E-state index in [1.165, 1.54) is 35.2 Å². The van der Waals surface area contributed by atoms with Gasteiger partial charge >= 0.3 is 5.69 Å². The van der Waals surface area contributed by atoms with Crippen molar-refractivity contribution >= 4 is 17.4 Å². The summed E-state index contributed by atoms with van der Waals surface area (Å²) >= 11 is 0. The van der Waals surface area contributed by atoms with Crippen molar-refractivity contribution in [2.75, 3.05) is 36.8 Å². The Bertz CT molecular complexity index is 875. The number of H-pyrrole nitrogens is 1. The van der Waals surface area contributed by atoms with Crippen molar-refractivity contribution in [3.63, 3.8) is 0 Å². The third-order valence-corrected chi connectivity index (χ3v) is 6.80. The number of aromatic amines is 1. The van der Waals surface area contributed by atoms with Gasteiger partial charge in [0.05, 0.1) is 6.54 Å². The Morgan fingerprint density at radius 2 is 1.90 bits per heavy atom. The molecule has 3 N–H and O–H groups in total. The number of nitrogens with one attached hydrogen (secondary N) is 1. The molecule has 1 aromatic heterocycles. The van der Waals surface area contributed by atoms with E-state index in [0.717, 1.165) is 38.3 Å². The largest absolute Gasteiger partial charge is 0.383 e. The quantitative estimate of drug-likeness (QED) is 0.655. The van der Waals surface area contributed by atoms with Crippen LogP contribution in [0.4, 0.5) is 11.5 Å². The number of amides is 1. The number of nitrogen functional groups attached to an aromatic ring is 1. The van der Waals surface area contributed by atoms with Gasteiger partial charge in [0.1, 0.15) is 5.82 Å². The zero-order chi connectivity index (χ0) is 22.5. The molecule has 0 spiro atoms. The Kier molecular flexibility index (Phi) is 7.97. The van der Waals surface area contributed by atoms with Crippen LogP contribution in [-0.4, -0.2) is 46.5 Å². The van der Waals surface area contributed by atoms with Gasteiger partial charge in [-0.2, -0.15) is 0 Å². The van der Waals surface area contributed by atoms with E-state index in [2.05, 4.69) is 9.88 Å². The number of nitrogens with two attached hydrogens (primary N) is 1. The molecular weight excluding hydrogens is 394 g/mol. The number of hydrogen-bond acceptors (Lipinski definition) is 5. The highest BCUT2D eigenvalue weighted by atomic mass is 16.2. The molecule has 2 aliphatic rings. The second-order valence-electron chi connectivity index (χ2n) is 9.72. The molecule has 2 heterocycles. The van der Waals surface area contributed by atoms with E-state index in [0.29, 0.717) is 19.0 Å². The summed E-state index contributed by atoms with van der Waals surface area (Å²) in [6.45, 7) is 8.97. The molecule has 1 aromatic rings. The fourth-order valence-corrected chi connectivity index (χ4v) is 5.16. The molecule has 0 bridgehead atoms. The van der Waals surface area contributed by atoms with E-state index in [-0.39, 0.29) is 29.9 Å². The van der Waals surface area contributed by atoms with Crippen molar-refractivity contribution in [3.8, 4) is 0 Å². The highest BCUT2D eigenvalue weighted by Gasteiger charge is 2.33. The monoisotopic (exact) mass is 433 g/mol. The maximum atomic E-state index is 13.4. The summed E-state index contributed by atoms with van der Waals surface area (Å²) in [5.41, 5.74) is 5.31. The molecule has 1 aliphatic heterocycles. The predicted molar refractivity (Wildman–Crippen MR) is 124 cm³/mol. The maximum absolute atomic E-state index is 13.4. The lowest BCUT2D eigenvalue weighted by atomic mass is 9.75. The molecule has 0 unspecified atom stereocenters. The van der Waals surface area contributed by atoms with Crippen LogP contribution >= 0.6 is 0 Å². The topological polar surface area (TPSA) is 104 Å². The highest BCUT2D eigenvalue weighted by Crippen LogP contribution is 2.36. The van der Waals surface area contributed by atoms with Gasteiger partial charge in [-0.25, -0.2) is 4.79 Å². The van der Waals surface area contributed by atoms with Crippen molar-refractivity contribution in [2.24, 2.45) is 17.8 Å². The summed E-state index contributed by atoms with van der Waals surface area (Å²) in [5.74, 6) is 1.62. The van der Waals surface area contributed by atoms with Gasteiger partial charge in [-0.1, -0.05) is 46.5 Å². The van der Waals surface area contributed by atoms with Crippen molar-refractivity contribution in [2.45, 2.75) is 72.3 Å². The second kappa shape index (κ2) is 10.5. The molecule has 1 aliphatic carbocycles. The first-order chi connectivity index (χ1) is 14.8. The number of fused-ring (bicyclic) bond motifs is 1. The summed E-state index contributed by atoms with van der Waals surface area (Å²) in [7, 11) is 0. The van der Waals surface area contributed by atoms with Gasteiger partial charge in [0.15, 0.2) is 5.69 Å². The second-order valence-corrected chi connectivity index (χ2v) is 9.72. The Morgan fingerprint density at radius 3 is 2.58 bits per heavy atom. The Morgan fingerprint density at radius 1 is 1.19 bits per heavy atom. The van der Waals surface area contributed by atoms with Crippen molar-refractivity contribution in [1.29, 1.82) is 0 Å². The van der Waals surface area contributed by atoms with Crippen LogP contribution in [0.5, 0.6) is 0 Å². The molecular formula is C23H39N5O3. The standard InChI is InChI=1S/C23H39N5O3/c1-4-5-11-27(20-21(24)28(13-16(2)3)23(31)25-22(20)30)19(29)15-26-12-10-17-8-6-7-9-18(17)14-26/h16-18H,4-15,24H2,1-3H3,(H,25,30,31)/t17-,18+/m0/s1. The molecule has 1 amide bonds. The maximum Gasteiger partial charge on any atom is 0.330 e. The van der Waals surface area contributed by atoms with Gasteiger partial charge in [0.2, 0.25) is 5.91 Å². The fourth-order valence-electron chi connectivity index (χ4n) is 5.16. The fraction of sp³-hybridized carbons (Fsp3) is 0.783. The number of unbranched alkanes of at least 4 members (excludes halogenated alkanes) is 1. The molecule has 3 rings (SSSR count). The van der Waals surface area contributed by atoms with Gasteiger partial charge in [-0.15, -0.1) is 0 Å². The molecule has 2 atom stereocenters. The molecule has 8 heteroatoms. The Hall–Kier alpha value is -2.09. The molecule has 1 saturated carbocycles. The number of nitrogens with zero attached hydrogens (tertiary/aromatic N) is 3. The van der Waals surface area contributed by atoms with Crippen molar-refractivity contribution in [3.05, 3.63) is 20.8 Å². The van der Waals surface area contributed by atoms with Crippen LogP contribution in [0.15, 0.2) is 9.59 Å².